The molecule has 0 aromatic heterocycles. The average Bonchev–Trinajstić information content (AvgIpc) is 2.75. The summed E-state index contributed by atoms with van der Waals surface area (Å²) in [6, 6.07) is 20.7. The molecule has 3 unspecified atom stereocenters. The Kier molecular flexibility index (Phi) is 8.29. The van der Waals surface area contributed by atoms with E-state index in [9.17, 15) is 4.39 Å². The molecule has 0 bridgehead atoms. The molecule has 1 fully saturated rings. The summed E-state index contributed by atoms with van der Waals surface area (Å²) < 4.78 is 14.3. The normalized spacial score (nSPS) is 20.9. The van der Waals surface area contributed by atoms with Crippen molar-refractivity contribution < 1.29 is 4.39 Å². The first-order valence-electron chi connectivity index (χ1n) is 11.6. The molecule has 0 saturated heterocycles. The van der Waals surface area contributed by atoms with Crippen LogP contribution in [0, 0.1) is 0 Å². The topological polar surface area (TPSA) is 3.24 Å². The van der Waals surface area contributed by atoms with Crippen LogP contribution in [0.3, 0.4) is 0 Å². The van der Waals surface area contributed by atoms with E-state index in [4.69, 9.17) is 0 Å². The summed E-state index contributed by atoms with van der Waals surface area (Å²) >= 11 is 0. The van der Waals surface area contributed by atoms with Crippen LogP contribution in [0.2, 0.25) is 0 Å². The van der Waals surface area contributed by atoms with Crippen LogP contribution in [-0.4, -0.2) is 23.2 Å². The van der Waals surface area contributed by atoms with Crippen molar-refractivity contribution in [2.75, 3.05) is 0 Å². The molecule has 0 spiro atoms. The lowest BCUT2D eigenvalue weighted by Crippen LogP contribution is -2.39. The van der Waals surface area contributed by atoms with E-state index in [0.717, 1.165) is 51.5 Å². The van der Waals surface area contributed by atoms with E-state index in [-0.39, 0.29) is 5.92 Å². The van der Waals surface area contributed by atoms with Crippen LogP contribution in [0.15, 0.2) is 54.6 Å². The third kappa shape index (κ3) is 6.15. The molecule has 29 heavy (non-hydrogen) atoms. The van der Waals surface area contributed by atoms with Crippen molar-refractivity contribution >= 4 is 0 Å². The predicted octanol–water partition coefficient (Wildman–Crippen LogP) is 7.30. The van der Waals surface area contributed by atoms with Gasteiger partial charge < -0.3 is 0 Å². The fraction of sp³-hybridized carbons (Fsp3) is 0.556. The van der Waals surface area contributed by atoms with E-state index in [1.54, 1.807) is 0 Å². The Morgan fingerprint density at radius 1 is 0.931 bits per heavy atom. The van der Waals surface area contributed by atoms with Gasteiger partial charge in [0.25, 0.3) is 0 Å². The molecular weight excluding hydrogens is 357 g/mol. The third-order valence-corrected chi connectivity index (χ3v) is 6.67. The van der Waals surface area contributed by atoms with Crippen LogP contribution in [-0.2, 0) is 13.0 Å². The van der Waals surface area contributed by atoms with Crippen molar-refractivity contribution in [3.63, 3.8) is 0 Å². The lowest BCUT2D eigenvalue weighted by Gasteiger charge is -2.35. The highest BCUT2D eigenvalue weighted by Gasteiger charge is 2.26. The minimum absolute atomic E-state index is 0.114. The number of nitrogens with zero attached hydrogens (tertiary/aromatic N) is 1. The molecule has 0 amide bonds. The van der Waals surface area contributed by atoms with E-state index >= 15 is 0 Å². The molecule has 0 aliphatic heterocycles. The number of aryl methyl sites for hydroxylation is 1. The van der Waals surface area contributed by atoms with Crippen molar-refractivity contribution in [3.8, 4) is 0 Å². The minimum Gasteiger partial charge on any atom is -0.294 e. The van der Waals surface area contributed by atoms with Crippen LogP contribution in [0.4, 0.5) is 4.39 Å². The second kappa shape index (κ2) is 10.9. The fourth-order valence-electron chi connectivity index (χ4n) is 4.86. The van der Waals surface area contributed by atoms with Gasteiger partial charge in [-0.05, 0) is 62.6 Å². The maximum Gasteiger partial charge on any atom is 0.107 e. The van der Waals surface area contributed by atoms with Gasteiger partial charge >= 0.3 is 0 Å². The Bertz CT molecular complexity index is 709. The van der Waals surface area contributed by atoms with Gasteiger partial charge in [0.2, 0.25) is 0 Å². The van der Waals surface area contributed by atoms with E-state index in [2.05, 4.69) is 80.3 Å². The van der Waals surface area contributed by atoms with Crippen LogP contribution in [0.1, 0.15) is 81.9 Å². The third-order valence-electron chi connectivity index (χ3n) is 6.67. The second-order valence-electron chi connectivity index (χ2n) is 9.00. The zero-order valence-electron chi connectivity index (χ0n) is 18.5. The van der Waals surface area contributed by atoms with Crippen LogP contribution in [0.25, 0.3) is 0 Å². The number of rotatable bonds is 9. The van der Waals surface area contributed by atoms with Crippen molar-refractivity contribution in [1.29, 1.82) is 0 Å². The maximum absolute atomic E-state index is 14.3. The molecule has 2 heteroatoms. The SMILES string of the molecule is CCC(CCc1ccc(C2CCCCC2F)cc1)N(Cc1ccccc1)C(C)C. The van der Waals surface area contributed by atoms with E-state index in [1.807, 2.05) is 0 Å². The average molecular weight is 396 g/mol. The van der Waals surface area contributed by atoms with E-state index in [1.165, 1.54) is 16.7 Å². The molecule has 2 aromatic rings. The molecule has 1 saturated carbocycles. The zero-order chi connectivity index (χ0) is 20.6. The smallest absolute Gasteiger partial charge is 0.107 e. The Hall–Kier alpha value is -1.67. The Morgan fingerprint density at radius 3 is 2.24 bits per heavy atom. The molecule has 158 valence electrons. The number of hydrogen-bond donors (Lipinski definition) is 0. The lowest BCUT2D eigenvalue weighted by atomic mass is 9.82. The first-order valence-corrected chi connectivity index (χ1v) is 11.6. The summed E-state index contributed by atoms with van der Waals surface area (Å²) in [6.45, 7) is 7.92. The molecule has 0 radical (unpaired) electrons. The molecule has 3 rings (SSSR count). The quantitative estimate of drug-likeness (QED) is 0.430. The number of halogens is 1. The van der Waals surface area contributed by atoms with E-state index in [0.29, 0.717) is 12.1 Å². The summed E-state index contributed by atoms with van der Waals surface area (Å²) in [5.41, 5.74) is 3.96. The highest BCUT2D eigenvalue weighted by molar-refractivity contribution is 5.27. The van der Waals surface area contributed by atoms with Crippen molar-refractivity contribution in [2.45, 2.75) is 96.4 Å². The van der Waals surface area contributed by atoms with Gasteiger partial charge in [-0.1, -0.05) is 74.4 Å². The second-order valence-corrected chi connectivity index (χ2v) is 9.00. The number of hydrogen-bond acceptors (Lipinski definition) is 1. The number of alkyl halides is 1. The molecule has 0 heterocycles. The van der Waals surface area contributed by atoms with Gasteiger partial charge in [-0.3, -0.25) is 4.90 Å². The van der Waals surface area contributed by atoms with Gasteiger partial charge in [0.05, 0.1) is 0 Å². The van der Waals surface area contributed by atoms with Gasteiger partial charge in [-0.15, -0.1) is 0 Å². The highest BCUT2D eigenvalue weighted by atomic mass is 19.1. The largest absolute Gasteiger partial charge is 0.294 e. The molecular formula is C27H38FN. The van der Waals surface area contributed by atoms with Crippen molar-refractivity contribution in [1.82, 2.24) is 4.90 Å². The summed E-state index contributed by atoms with van der Waals surface area (Å²) in [5.74, 6) is 0.114. The van der Waals surface area contributed by atoms with Gasteiger partial charge in [0.15, 0.2) is 0 Å². The van der Waals surface area contributed by atoms with Crippen LogP contribution in [0.5, 0.6) is 0 Å². The first kappa shape index (κ1) is 22.0. The monoisotopic (exact) mass is 395 g/mol. The molecule has 2 aromatic carbocycles. The Balaban J connectivity index is 1.60. The summed E-state index contributed by atoms with van der Waals surface area (Å²) in [5, 5.41) is 0. The van der Waals surface area contributed by atoms with Crippen LogP contribution >= 0.6 is 0 Å². The molecule has 0 N–H and O–H groups in total. The van der Waals surface area contributed by atoms with Gasteiger partial charge in [0, 0.05) is 24.5 Å². The van der Waals surface area contributed by atoms with Gasteiger partial charge in [-0.25, -0.2) is 4.39 Å². The number of benzene rings is 2. The van der Waals surface area contributed by atoms with Gasteiger partial charge in [0.1, 0.15) is 6.17 Å². The summed E-state index contributed by atoms with van der Waals surface area (Å²) in [7, 11) is 0. The van der Waals surface area contributed by atoms with E-state index < -0.39 is 6.17 Å². The lowest BCUT2D eigenvalue weighted by molar-refractivity contribution is 0.132. The van der Waals surface area contributed by atoms with Crippen LogP contribution < -0.4 is 0 Å². The van der Waals surface area contributed by atoms with Crippen molar-refractivity contribution in [2.24, 2.45) is 0 Å². The zero-order valence-corrected chi connectivity index (χ0v) is 18.5. The molecule has 3 atom stereocenters. The Labute approximate surface area is 177 Å². The highest BCUT2D eigenvalue weighted by Crippen LogP contribution is 2.35. The Morgan fingerprint density at radius 2 is 1.62 bits per heavy atom. The minimum atomic E-state index is -0.656. The summed E-state index contributed by atoms with van der Waals surface area (Å²) in [4.78, 5) is 2.64. The molecule has 1 aliphatic carbocycles. The fourth-order valence-corrected chi connectivity index (χ4v) is 4.86. The predicted molar refractivity (Wildman–Crippen MR) is 122 cm³/mol. The first-order chi connectivity index (χ1) is 14.1. The van der Waals surface area contributed by atoms with Crippen molar-refractivity contribution in [3.05, 3.63) is 71.3 Å². The summed E-state index contributed by atoms with van der Waals surface area (Å²) in [6.07, 6.45) is 6.70. The maximum atomic E-state index is 14.3. The molecule has 1 nitrogen and oxygen atoms in total. The standard InChI is InChI=1S/C27H38FN/c1-4-25(29(21(2)3)20-23-10-6-5-7-11-23)19-16-22-14-17-24(18-15-22)26-12-8-9-13-27(26)28/h5-7,10-11,14-15,17-18,21,25-27H,4,8-9,12-13,16,19-20H2,1-3H3. The molecule has 1 aliphatic rings. The van der Waals surface area contributed by atoms with Gasteiger partial charge in [-0.2, -0.15) is 0 Å².